The first-order valence-electron chi connectivity index (χ1n) is 14.8. The Labute approximate surface area is 280 Å². The number of para-hydroxylation sites is 2. The molecule has 15 heteroatoms. The molecule has 0 amide bonds. The molecule has 2 N–H and O–H groups in total. The van der Waals surface area contributed by atoms with Gasteiger partial charge < -0.3 is 29.2 Å². The number of methoxy groups -OCH3 is 1. The molecular formula is C33H39N5O9S. The fraction of sp³-hybridized carbons (Fsp3) is 0.364. The van der Waals surface area contributed by atoms with E-state index in [1.165, 1.54) is 25.1 Å². The van der Waals surface area contributed by atoms with Crippen molar-refractivity contribution in [3.8, 4) is 34.8 Å². The molecule has 0 atom stereocenters. The van der Waals surface area contributed by atoms with Gasteiger partial charge in [0, 0.05) is 17.8 Å². The molecule has 0 fully saturated rings. The van der Waals surface area contributed by atoms with E-state index >= 15 is 0 Å². The lowest BCUT2D eigenvalue weighted by molar-refractivity contribution is -0.149. The summed E-state index contributed by atoms with van der Waals surface area (Å²) in [6, 6.07) is 18.7. The predicted octanol–water partition coefficient (Wildman–Crippen LogP) is 4.72. The molecule has 2 aromatic heterocycles. The summed E-state index contributed by atoms with van der Waals surface area (Å²) in [5, 5.41) is 18.7. The van der Waals surface area contributed by atoms with Gasteiger partial charge in [0.1, 0.15) is 13.2 Å². The summed E-state index contributed by atoms with van der Waals surface area (Å²) < 4.78 is 48.4. The number of aliphatic hydroxyl groups is 2. The standard InChI is InChI=1S/C23H25N5O9S.C10H14/c1-23(12-29,13-30)14-36-17(31)8-11-35-22-18(37-16-7-4-3-6-15(16)34-2)19(28-38(32)33)26-21(27-22)20-24-9-5-10-25-20;1-10(2,3)9-7-5-4-6-8-9/h3-7,9-10,29-30H,8,11-14H2,1-2H3;4-8H,1-3H3. The number of aromatic nitrogens is 4. The largest absolute Gasteiger partial charge is 0.493 e. The van der Waals surface area contributed by atoms with Crippen molar-refractivity contribution in [3.05, 3.63) is 78.6 Å². The van der Waals surface area contributed by atoms with Crippen LogP contribution in [-0.4, -0.2) is 78.1 Å². The Hall–Kier alpha value is -4.99. The second kappa shape index (κ2) is 17.8. The third-order valence-corrected chi connectivity index (χ3v) is 6.88. The monoisotopic (exact) mass is 681 g/mol. The highest BCUT2D eigenvalue weighted by Gasteiger charge is 2.25. The number of ether oxygens (including phenoxy) is 4. The zero-order valence-electron chi connectivity index (χ0n) is 27.4. The normalized spacial score (nSPS) is 11.1. The van der Waals surface area contributed by atoms with Gasteiger partial charge in [-0.25, -0.2) is 15.0 Å². The first kappa shape index (κ1) is 37.5. The maximum atomic E-state index is 12.2. The molecule has 0 bridgehead atoms. The average molecular weight is 682 g/mol. The van der Waals surface area contributed by atoms with Gasteiger partial charge in [-0.1, -0.05) is 70.2 Å². The number of benzene rings is 2. The second-order valence-electron chi connectivity index (χ2n) is 11.6. The van der Waals surface area contributed by atoms with Crippen molar-refractivity contribution in [2.75, 3.05) is 33.5 Å². The van der Waals surface area contributed by atoms with Gasteiger partial charge in [-0.05, 0) is 29.2 Å². The smallest absolute Gasteiger partial charge is 0.318 e. The van der Waals surface area contributed by atoms with E-state index in [9.17, 15) is 23.4 Å². The van der Waals surface area contributed by atoms with Gasteiger partial charge in [-0.3, -0.25) is 4.79 Å². The van der Waals surface area contributed by atoms with Crippen molar-refractivity contribution in [1.29, 1.82) is 0 Å². The topological polar surface area (TPSA) is 193 Å². The van der Waals surface area contributed by atoms with E-state index in [1.54, 1.807) is 37.3 Å². The number of hydrogen-bond acceptors (Lipinski definition) is 14. The zero-order valence-corrected chi connectivity index (χ0v) is 28.2. The molecular weight excluding hydrogens is 642 g/mol. The molecule has 0 aliphatic carbocycles. The van der Waals surface area contributed by atoms with Crippen LogP contribution < -0.4 is 14.2 Å². The van der Waals surface area contributed by atoms with Crippen molar-refractivity contribution in [2.45, 2.75) is 39.5 Å². The van der Waals surface area contributed by atoms with Crippen molar-refractivity contribution < 1.29 is 42.4 Å². The fourth-order valence-electron chi connectivity index (χ4n) is 3.70. The van der Waals surface area contributed by atoms with Crippen LogP contribution in [0.5, 0.6) is 23.1 Å². The third kappa shape index (κ3) is 11.4. The minimum Gasteiger partial charge on any atom is -0.493 e. The van der Waals surface area contributed by atoms with Gasteiger partial charge in [0.05, 0.1) is 26.7 Å². The van der Waals surface area contributed by atoms with Gasteiger partial charge in [0.2, 0.25) is 17.4 Å². The fourth-order valence-corrected chi connectivity index (χ4v) is 3.97. The van der Waals surface area contributed by atoms with Crippen molar-refractivity contribution >= 4 is 22.3 Å². The van der Waals surface area contributed by atoms with E-state index < -0.39 is 27.7 Å². The Morgan fingerprint density at radius 3 is 2.04 bits per heavy atom. The van der Waals surface area contributed by atoms with Crippen LogP contribution in [0.25, 0.3) is 11.6 Å². The van der Waals surface area contributed by atoms with E-state index in [1.807, 2.05) is 0 Å². The van der Waals surface area contributed by atoms with Crippen LogP contribution in [0.2, 0.25) is 0 Å². The SMILES string of the molecule is CC(C)(C)c1ccccc1.COc1ccccc1Oc1c(N=S(=O)=O)nc(-c2ncccn2)nc1OCCC(=O)OCC(C)(CO)CO. The molecule has 0 spiro atoms. The molecule has 4 rings (SSSR count). The van der Waals surface area contributed by atoms with Gasteiger partial charge >= 0.3 is 16.5 Å². The third-order valence-electron chi connectivity index (χ3n) is 6.55. The van der Waals surface area contributed by atoms with Crippen LogP contribution in [-0.2, 0) is 25.4 Å². The minimum absolute atomic E-state index is 0.0565. The number of rotatable bonds is 13. The van der Waals surface area contributed by atoms with Crippen molar-refractivity contribution in [3.63, 3.8) is 0 Å². The summed E-state index contributed by atoms with van der Waals surface area (Å²) in [6.07, 6.45) is 2.63. The first-order chi connectivity index (χ1) is 22.9. The molecule has 0 unspecified atom stereocenters. The molecule has 0 saturated carbocycles. The molecule has 0 aliphatic heterocycles. The lowest BCUT2D eigenvalue weighted by Gasteiger charge is -2.23. The molecule has 2 aromatic carbocycles. The first-order valence-corrected chi connectivity index (χ1v) is 15.8. The lowest BCUT2D eigenvalue weighted by Crippen LogP contribution is -2.32. The van der Waals surface area contributed by atoms with E-state index in [-0.39, 0.29) is 61.9 Å². The van der Waals surface area contributed by atoms with Crippen LogP contribution in [0.1, 0.15) is 39.7 Å². The van der Waals surface area contributed by atoms with Crippen LogP contribution in [0.4, 0.5) is 5.82 Å². The average Bonchev–Trinajstić information content (AvgIpc) is 3.09. The van der Waals surface area contributed by atoms with Gasteiger partial charge in [-0.2, -0.15) is 13.4 Å². The van der Waals surface area contributed by atoms with Crippen LogP contribution in [0.15, 0.2) is 77.4 Å². The molecule has 0 aliphatic rings. The molecule has 14 nitrogen and oxygen atoms in total. The van der Waals surface area contributed by atoms with Crippen LogP contribution in [0.3, 0.4) is 0 Å². The highest BCUT2D eigenvalue weighted by Crippen LogP contribution is 2.41. The maximum Gasteiger partial charge on any atom is 0.318 e. The Morgan fingerprint density at radius 1 is 0.854 bits per heavy atom. The number of nitrogens with zero attached hydrogens (tertiary/aromatic N) is 5. The highest BCUT2D eigenvalue weighted by molar-refractivity contribution is 7.61. The van der Waals surface area contributed by atoms with Crippen LogP contribution in [0, 0.1) is 5.41 Å². The number of aliphatic hydroxyl groups excluding tert-OH is 2. The predicted molar refractivity (Wildman–Crippen MR) is 176 cm³/mol. The molecule has 2 heterocycles. The van der Waals surface area contributed by atoms with E-state index in [2.05, 4.69) is 75.4 Å². The van der Waals surface area contributed by atoms with Gasteiger partial charge in [0.15, 0.2) is 17.3 Å². The van der Waals surface area contributed by atoms with Crippen molar-refractivity contribution in [2.24, 2.45) is 9.78 Å². The maximum absolute atomic E-state index is 12.2. The number of carbonyl (C=O) groups is 1. The molecule has 48 heavy (non-hydrogen) atoms. The van der Waals surface area contributed by atoms with Crippen molar-refractivity contribution in [1.82, 2.24) is 19.9 Å². The summed E-state index contributed by atoms with van der Waals surface area (Å²) >= 11 is 0. The Morgan fingerprint density at radius 2 is 1.48 bits per heavy atom. The van der Waals surface area contributed by atoms with Gasteiger partial charge in [0.25, 0.3) is 5.88 Å². The summed E-state index contributed by atoms with van der Waals surface area (Å²) in [5.41, 5.74) is 0.699. The quantitative estimate of drug-likeness (QED) is 0.184. The highest BCUT2D eigenvalue weighted by atomic mass is 32.2. The molecule has 0 radical (unpaired) electrons. The molecule has 4 aromatic rings. The number of hydrogen-bond donors (Lipinski definition) is 2. The lowest BCUT2D eigenvalue weighted by atomic mass is 9.87. The summed E-state index contributed by atoms with van der Waals surface area (Å²) in [6.45, 7) is 7.00. The summed E-state index contributed by atoms with van der Waals surface area (Å²) in [7, 11) is -1.50. The number of carbonyl (C=O) groups excluding carboxylic acids is 1. The minimum atomic E-state index is -2.93. The van der Waals surface area contributed by atoms with E-state index in [0.717, 1.165) is 0 Å². The van der Waals surface area contributed by atoms with Crippen LogP contribution >= 0.6 is 0 Å². The zero-order chi connectivity index (χ0) is 35.2. The Kier molecular flexibility index (Phi) is 13.9. The number of esters is 1. The Bertz CT molecular complexity index is 1760. The van der Waals surface area contributed by atoms with E-state index in [0.29, 0.717) is 11.2 Å². The molecule has 256 valence electrons. The summed E-state index contributed by atoms with van der Waals surface area (Å²) in [4.78, 5) is 28.7. The summed E-state index contributed by atoms with van der Waals surface area (Å²) in [5.74, 6) is -1.13. The molecule has 0 saturated heterocycles. The van der Waals surface area contributed by atoms with E-state index in [4.69, 9.17) is 18.9 Å². The second-order valence-corrected chi connectivity index (χ2v) is 12.3. The Balaban J connectivity index is 0.000000533. The van der Waals surface area contributed by atoms with Gasteiger partial charge in [-0.15, -0.1) is 4.36 Å².